The number of thioether (sulfide) groups is 1. The number of rotatable bonds is 1. The highest BCUT2D eigenvalue weighted by Crippen LogP contribution is 2.37. The van der Waals surface area contributed by atoms with Crippen LogP contribution in [0.5, 0.6) is 5.75 Å². The Balaban J connectivity index is 2.37. The summed E-state index contributed by atoms with van der Waals surface area (Å²) in [5.41, 5.74) is 0.284. The van der Waals surface area contributed by atoms with Crippen LogP contribution in [-0.2, 0) is 4.79 Å². The molecule has 0 aliphatic carbocycles. The Labute approximate surface area is 122 Å². The first-order valence-electron chi connectivity index (χ1n) is 5.87. The molecule has 0 saturated carbocycles. The van der Waals surface area contributed by atoms with Crippen molar-refractivity contribution in [2.24, 2.45) is 0 Å². The zero-order valence-electron chi connectivity index (χ0n) is 11.0. The summed E-state index contributed by atoms with van der Waals surface area (Å²) < 4.78 is 0.555. The number of hydrogen-bond acceptors (Lipinski definition) is 4. The van der Waals surface area contributed by atoms with Crippen molar-refractivity contribution in [3.05, 3.63) is 34.7 Å². The third kappa shape index (κ3) is 2.82. The van der Waals surface area contributed by atoms with Gasteiger partial charge in [-0.1, -0.05) is 42.2 Å². The second-order valence-corrected chi connectivity index (χ2v) is 6.92. The van der Waals surface area contributed by atoms with E-state index in [2.05, 4.69) is 0 Å². The Morgan fingerprint density at radius 3 is 2.47 bits per heavy atom. The van der Waals surface area contributed by atoms with Gasteiger partial charge in [0, 0.05) is 11.1 Å². The molecule has 1 aromatic carbocycles. The molecule has 0 unspecified atom stereocenters. The van der Waals surface area contributed by atoms with Gasteiger partial charge >= 0.3 is 0 Å². The van der Waals surface area contributed by atoms with Crippen LogP contribution in [0.4, 0.5) is 0 Å². The van der Waals surface area contributed by atoms with E-state index in [1.807, 2.05) is 26.8 Å². The lowest BCUT2D eigenvalue weighted by Gasteiger charge is -2.30. The molecule has 1 fully saturated rings. The highest BCUT2D eigenvalue weighted by atomic mass is 32.2. The summed E-state index contributed by atoms with van der Waals surface area (Å²) in [5.74, 6) is 0.0503. The van der Waals surface area contributed by atoms with Gasteiger partial charge in [-0.3, -0.25) is 9.69 Å². The van der Waals surface area contributed by atoms with E-state index in [-0.39, 0.29) is 17.2 Å². The third-order valence-electron chi connectivity index (χ3n) is 2.69. The quantitative estimate of drug-likeness (QED) is 0.636. The molecule has 5 heteroatoms. The molecule has 1 saturated heterocycles. The van der Waals surface area contributed by atoms with Gasteiger partial charge in [0.15, 0.2) is 0 Å². The third-order valence-corrected chi connectivity index (χ3v) is 3.99. The molecule has 19 heavy (non-hydrogen) atoms. The number of thiocarbonyl (C=S) groups is 1. The Kier molecular flexibility index (Phi) is 3.69. The van der Waals surface area contributed by atoms with E-state index in [1.54, 1.807) is 29.2 Å². The van der Waals surface area contributed by atoms with Crippen LogP contribution in [0.2, 0.25) is 0 Å². The van der Waals surface area contributed by atoms with Crippen LogP contribution in [0.1, 0.15) is 26.3 Å². The van der Waals surface area contributed by atoms with Crippen LogP contribution in [0, 0.1) is 0 Å². The van der Waals surface area contributed by atoms with Gasteiger partial charge in [0.05, 0.1) is 4.91 Å². The molecule has 0 spiro atoms. The van der Waals surface area contributed by atoms with E-state index in [1.165, 1.54) is 11.8 Å². The largest absolute Gasteiger partial charge is 0.507 e. The number of amides is 1. The number of phenolic OH excluding ortho intramolecular Hbond substituents is 1. The van der Waals surface area contributed by atoms with Gasteiger partial charge in [-0.2, -0.15) is 0 Å². The van der Waals surface area contributed by atoms with Crippen molar-refractivity contribution in [1.82, 2.24) is 4.90 Å². The van der Waals surface area contributed by atoms with Crippen LogP contribution in [0.25, 0.3) is 6.08 Å². The monoisotopic (exact) mass is 293 g/mol. The molecule has 100 valence electrons. The second-order valence-electron chi connectivity index (χ2n) is 5.25. The highest BCUT2D eigenvalue weighted by Gasteiger charge is 2.39. The number of benzene rings is 1. The van der Waals surface area contributed by atoms with Crippen molar-refractivity contribution in [3.8, 4) is 5.75 Å². The summed E-state index contributed by atoms with van der Waals surface area (Å²) in [6.07, 6.45) is 1.68. The minimum absolute atomic E-state index is 0.106. The standard InChI is InChI=1S/C14H15NO2S2/c1-14(2,3)15-12(17)11(19-13(15)18)8-9-6-4-5-7-10(9)16/h4-8,16H,1-3H3. The molecular weight excluding hydrogens is 278 g/mol. The molecule has 0 aromatic heterocycles. The van der Waals surface area contributed by atoms with Gasteiger partial charge in [0.1, 0.15) is 10.1 Å². The van der Waals surface area contributed by atoms with Crippen molar-refractivity contribution in [3.63, 3.8) is 0 Å². The first-order chi connectivity index (χ1) is 8.80. The number of nitrogens with zero attached hydrogens (tertiary/aromatic N) is 1. The predicted molar refractivity (Wildman–Crippen MR) is 82.9 cm³/mol. The molecule has 2 rings (SSSR count). The second kappa shape index (κ2) is 4.98. The number of carbonyl (C=O) groups is 1. The highest BCUT2D eigenvalue weighted by molar-refractivity contribution is 8.26. The molecule has 1 amide bonds. The lowest BCUT2D eigenvalue weighted by molar-refractivity contribution is -0.125. The van der Waals surface area contributed by atoms with Crippen molar-refractivity contribution < 1.29 is 9.90 Å². The summed E-state index contributed by atoms with van der Waals surface area (Å²) in [7, 11) is 0. The van der Waals surface area contributed by atoms with Crippen molar-refractivity contribution in [2.75, 3.05) is 0 Å². The Bertz CT molecular complexity index is 573. The average Bonchev–Trinajstić information content (AvgIpc) is 2.56. The normalized spacial score (nSPS) is 18.5. The van der Waals surface area contributed by atoms with Crippen LogP contribution in [-0.4, -0.2) is 25.8 Å². The van der Waals surface area contributed by atoms with Gasteiger partial charge in [-0.25, -0.2) is 0 Å². The zero-order chi connectivity index (χ0) is 14.2. The fourth-order valence-corrected chi connectivity index (χ4v) is 3.42. The lowest BCUT2D eigenvalue weighted by Crippen LogP contribution is -2.44. The molecule has 1 aliphatic heterocycles. The molecule has 0 radical (unpaired) electrons. The maximum Gasteiger partial charge on any atom is 0.266 e. The first-order valence-corrected chi connectivity index (χ1v) is 7.09. The van der Waals surface area contributed by atoms with Gasteiger partial charge in [-0.05, 0) is 32.9 Å². The van der Waals surface area contributed by atoms with Gasteiger partial charge in [-0.15, -0.1) is 0 Å². The molecule has 1 heterocycles. The SMILES string of the molecule is CC(C)(C)N1C(=O)C(=Cc2ccccc2O)SC1=S. The smallest absolute Gasteiger partial charge is 0.266 e. The molecule has 1 aliphatic rings. The van der Waals surface area contributed by atoms with Gasteiger partial charge < -0.3 is 5.11 Å². The number of phenols is 1. The topological polar surface area (TPSA) is 40.5 Å². The van der Waals surface area contributed by atoms with Crippen molar-refractivity contribution in [1.29, 1.82) is 0 Å². The first kappa shape index (κ1) is 14.1. The summed E-state index contributed by atoms with van der Waals surface area (Å²) in [4.78, 5) is 14.5. The van der Waals surface area contributed by atoms with Gasteiger partial charge in [0.25, 0.3) is 5.91 Å². The number of carbonyl (C=O) groups excluding carboxylic acids is 1. The number of para-hydroxylation sites is 1. The number of aromatic hydroxyl groups is 1. The average molecular weight is 293 g/mol. The van der Waals surface area contributed by atoms with E-state index in [9.17, 15) is 9.90 Å². The van der Waals surface area contributed by atoms with Crippen molar-refractivity contribution >= 4 is 40.3 Å². The summed E-state index contributed by atoms with van der Waals surface area (Å²) >= 11 is 6.53. The Hall–Kier alpha value is -1.33. The predicted octanol–water partition coefficient (Wildman–Crippen LogP) is 3.39. The molecule has 0 atom stereocenters. The van der Waals surface area contributed by atoms with Crippen LogP contribution in [0.3, 0.4) is 0 Å². The van der Waals surface area contributed by atoms with E-state index < -0.39 is 0 Å². The van der Waals surface area contributed by atoms with Crippen LogP contribution < -0.4 is 0 Å². The van der Waals surface area contributed by atoms with E-state index in [0.29, 0.717) is 14.8 Å². The fraction of sp³-hybridized carbons (Fsp3) is 0.286. The minimum atomic E-state index is -0.338. The van der Waals surface area contributed by atoms with E-state index >= 15 is 0 Å². The molecule has 0 bridgehead atoms. The van der Waals surface area contributed by atoms with Crippen LogP contribution in [0.15, 0.2) is 29.2 Å². The zero-order valence-corrected chi connectivity index (χ0v) is 12.6. The molecule has 3 nitrogen and oxygen atoms in total. The summed E-state index contributed by atoms with van der Waals surface area (Å²) in [6, 6.07) is 6.92. The minimum Gasteiger partial charge on any atom is -0.507 e. The molecule has 1 N–H and O–H groups in total. The van der Waals surface area contributed by atoms with Crippen molar-refractivity contribution in [2.45, 2.75) is 26.3 Å². The fourth-order valence-electron chi connectivity index (χ4n) is 1.80. The maximum atomic E-state index is 12.3. The van der Waals surface area contributed by atoms with Gasteiger partial charge in [0.2, 0.25) is 0 Å². The molecule has 1 aromatic rings. The lowest BCUT2D eigenvalue weighted by atomic mass is 10.1. The molecular formula is C14H15NO2S2. The summed E-state index contributed by atoms with van der Waals surface area (Å²) in [5, 5.41) is 9.74. The Morgan fingerprint density at radius 2 is 1.95 bits per heavy atom. The maximum absolute atomic E-state index is 12.3. The van der Waals surface area contributed by atoms with E-state index in [4.69, 9.17) is 12.2 Å². The Morgan fingerprint density at radius 1 is 1.32 bits per heavy atom. The number of hydrogen-bond donors (Lipinski definition) is 1. The summed E-state index contributed by atoms with van der Waals surface area (Å²) in [6.45, 7) is 5.84. The van der Waals surface area contributed by atoms with E-state index in [0.717, 1.165) is 0 Å². The van der Waals surface area contributed by atoms with Crippen LogP contribution >= 0.6 is 24.0 Å².